The first-order valence-electron chi connectivity index (χ1n) is 13.6. The van der Waals surface area contributed by atoms with Crippen molar-refractivity contribution in [2.75, 3.05) is 19.8 Å². The zero-order valence-corrected chi connectivity index (χ0v) is 22.2. The fourth-order valence-electron chi connectivity index (χ4n) is 5.25. The first-order chi connectivity index (χ1) is 18.6. The number of rotatable bonds is 12. The Morgan fingerprint density at radius 3 is 2.82 bits per heavy atom. The Morgan fingerprint density at radius 2 is 2.05 bits per heavy atom. The van der Waals surface area contributed by atoms with Crippen LogP contribution in [0.15, 0.2) is 59.4 Å². The molecule has 38 heavy (non-hydrogen) atoms. The van der Waals surface area contributed by atoms with E-state index in [4.69, 9.17) is 9.47 Å². The van der Waals surface area contributed by atoms with Crippen LogP contribution in [0.2, 0.25) is 0 Å². The van der Waals surface area contributed by atoms with Crippen molar-refractivity contribution in [3.63, 3.8) is 0 Å². The number of nitrogens with one attached hydrogen (secondary N) is 1. The molecule has 0 saturated carbocycles. The van der Waals surface area contributed by atoms with Gasteiger partial charge in [0.05, 0.1) is 25.3 Å². The molecule has 1 saturated heterocycles. The van der Waals surface area contributed by atoms with Crippen LogP contribution in [0.25, 0.3) is 10.9 Å². The van der Waals surface area contributed by atoms with E-state index in [9.17, 15) is 4.79 Å². The zero-order valence-electron chi connectivity index (χ0n) is 22.2. The van der Waals surface area contributed by atoms with Gasteiger partial charge in [-0.2, -0.15) is 0 Å². The molecule has 9 heteroatoms. The number of H-pyrrole nitrogens is 1. The minimum absolute atomic E-state index is 0.0556. The number of fused-ring (bicyclic) bond motifs is 1. The molecule has 4 aromatic rings. The second kappa shape index (κ2) is 12.3. The number of hydrogen-bond acceptors (Lipinski definition) is 7. The first kappa shape index (κ1) is 26.1. The second-order valence-corrected chi connectivity index (χ2v) is 9.79. The van der Waals surface area contributed by atoms with Gasteiger partial charge < -0.3 is 14.5 Å². The number of nitrogens with zero attached hydrogens (tertiary/aromatic N) is 5. The standard InChI is InChI=1S/C29H36N6O3/c1-3-27(28-31-32-33-35(28)20-25-11-8-16-38-25)34(15-14-21-9-6-5-7-10-21)19-23-17-22-18-24(37-4-2)12-13-26(22)30-29(23)36/h5-7,9-10,12-13,17-18,25,27H,3-4,8,11,14-16,19-20H2,1-2H3,(H,30,36)/t25-,27-/m1/s1. The summed E-state index contributed by atoms with van der Waals surface area (Å²) in [6.45, 7) is 7.36. The summed E-state index contributed by atoms with van der Waals surface area (Å²) in [5.74, 6) is 1.60. The molecule has 1 aliphatic heterocycles. The van der Waals surface area contributed by atoms with Crippen LogP contribution in [0, 0.1) is 0 Å². The van der Waals surface area contributed by atoms with Gasteiger partial charge in [0.2, 0.25) is 0 Å². The maximum absolute atomic E-state index is 13.2. The summed E-state index contributed by atoms with van der Waals surface area (Å²) in [7, 11) is 0. The smallest absolute Gasteiger partial charge is 0.252 e. The minimum Gasteiger partial charge on any atom is -0.494 e. The lowest BCUT2D eigenvalue weighted by molar-refractivity contribution is 0.0893. The van der Waals surface area contributed by atoms with Crippen molar-refractivity contribution in [3.05, 3.63) is 81.9 Å². The lowest BCUT2D eigenvalue weighted by Crippen LogP contribution is -2.34. The summed E-state index contributed by atoms with van der Waals surface area (Å²) >= 11 is 0. The summed E-state index contributed by atoms with van der Waals surface area (Å²) < 4.78 is 13.4. The van der Waals surface area contributed by atoms with E-state index >= 15 is 0 Å². The third-order valence-corrected chi connectivity index (χ3v) is 7.19. The number of aromatic nitrogens is 5. The highest BCUT2D eigenvalue weighted by molar-refractivity contribution is 5.80. The molecule has 5 rings (SSSR count). The van der Waals surface area contributed by atoms with Crippen LogP contribution in [-0.2, 0) is 24.2 Å². The molecule has 1 fully saturated rings. The minimum atomic E-state index is -0.0832. The van der Waals surface area contributed by atoms with E-state index in [1.807, 2.05) is 41.9 Å². The number of pyridine rings is 1. The van der Waals surface area contributed by atoms with Crippen LogP contribution in [0.1, 0.15) is 56.1 Å². The van der Waals surface area contributed by atoms with Crippen LogP contribution >= 0.6 is 0 Å². The van der Waals surface area contributed by atoms with Crippen molar-refractivity contribution in [3.8, 4) is 5.75 Å². The highest BCUT2D eigenvalue weighted by Gasteiger charge is 2.27. The van der Waals surface area contributed by atoms with Crippen LogP contribution < -0.4 is 10.3 Å². The maximum Gasteiger partial charge on any atom is 0.252 e. The SMILES string of the molecule is CCOc1ccc2[nH]c(=O)c(CN(CCc3ccccc3)[C@H](CC)c3nnnn3C[C@H]3CCCO3)cc2c1. The normalized spacial score (nSPS) is 16.3. The monoisotopic (exact) mass is 516 g/mol. The largest absolute Gasteiger partial charge is 0.494 e. The highest BCUT2D eigenvalue weighted by atomic mass is 16.5. The molecule has 2 aromatic carbocycles. The van der Waals surface area contributed by atoms with Gasteiger partial charge in [0.25, 0.3) is 5.56 Å². The second-order valence-electron chi connectivity index (χ2n) is 9.79. The summed E-state index contributed by atoms with van der Waals surface area (Å²) in [5.41, 5.74) is 2.67. The molecule has 0 spiro atoms. The van der Waals surface area contributed by atoms with Crippen molar-refractivity contribution in [2.45, 2.75) is 64.8 Å². The molecule has 0 unspecified atom stereocenters. The maximum atomic E-state index is 13.2. The molecule has 2 aromatic heterocycles. The molecule has 0 amide bonds. The van der Waals surface area contributed by atoms with Gasteiger partial charge in [-0.15, -0.1) is 5.10 Å². The average Bonchev–Trinajstić information content (AvgIpc) is 3.62. The van der Waals surface area contributed by atoms with E-state index in [-0.39, 0.29) is 17.7 Å². The summed E-state index contributed by atoms with van der Waals surface area (Å²) in [5, 5.41) is 13.7. The van der Waals surface area contributed by atoms with E-state index in [1.54, 1.807) is 0 Å². The summed E-state index contributed by atoms with van der Waals surface area (Å²) in [6.07, 6.45) is 3.88. The van der Waals surface area contributed by atoms with Gasteiger partial charge in [0.1, 0.15) is 5.75 Å². The van der Waals surface area contributed by atoms with Gasteiger partial charge in [0, 0.05) is 36.2 Å². The predicted octanol–water partition coefficient (Wildman–Crippen LogP) is 4.29. The Hall–Kier alpha value is -3.56. The molecule has 0 aliphatic carbocycles. The fraction of sp³-hybridized carbons (Fsp3) is 0.448. The number of hydrogen-bond donors (Lipinski definition) is 1. The number of benzene rings is 2. The molecule has 1 aliphatic rings. The molecule has 9 nitrogen and oxygen atoms in total. The van der Waals surface area contributed by atoms with E-state index in [0.29, 0.717) is 25.3 Å². The third-order valence-electron chi connectivity index (χ3n) is 7.19. The topological polar surface area (TPSA) is 98.2 Å². The Balaban J connectivity index is 1.46. The lowest BCUT2D eigenvalue weighted by atomic mass is 10.1. The molecule has 200 valence electrons. The number of tetrazole rings is 1. The Labute approximate surface area is 222 Å². The first-order valence-corrected chi connectivity index (χ1v) is 13.6. The van der Waals surface area contributed by atoms with Crippen molar-refractivity contribution in [1.82, 2.24) is 30.1 Å². The Bertz CT molecular complexity index is 1380. The van der Waals surface area contributed by atoms with Gasteiger partial charge >= 0.3 is 0 Å². The number of ether oxygens (including phenoxy) is 2. The van der Waals surface area contributed by atoms with Gasteiger partial charge in [0.15, 0.2) is 5.82 Å². The molecule has 0 bridgehead atoms. The van der Waals surface area contributed by atoms with Gasteiger partial charge in [-0.05, 0) is 72.9 Å². The van der Waals surface area contributed by atoms with Crippen molar-refractivity contribution < 1.29 is 9.47 Å². The molecule has 2 atom stereocenters. The summed E-state index contributed by atoms with van der Waals surface area (Å²) in [4.78, 5) is 18.6. The van der Waals surface area contributed by atoms with E-state index < -0.39 is 0 Å². The molecule has 0 radical (unpaired) electrons. The summed E-state index contributed by atoms with van der Waals surface area (Å²) in [6, 6.07) is 18.1. The Kier molecular flexibility index (Phi) is 8.45. The lowest BCUT2D eigenvalue weighted by Gasteiger charge is -2.30. The number of aromatic amines is 1. The Morgan fingerprint density at radius 1 is 1.18 bits per heavy atom. The molecular weight excluding hydrogens is 480 g/mol. The van der Waals surface area contributed by atoms with Crippen LogP contribution in [0.5, 0.6) is 5.75 Å². The van der Waals surface area contributed by atoms with Crippen LogP contribution in [-0.4, -0.2) is 56.0 Å². The van der Waals surface area contributed by atoms with E-state index in [1.165, 1.54) is 5.56 Å². The van der Waals surface area contributed by atoms with E-state index in [0.717, 1.165) is 61.3 Å². The zero-order chi connectivity index (χ0) is 26.3. The molecule has 3 heterocycles. The van der Waals surface area contributed by atoms with Gasteiger partial charge in [-0.3, -0.25) is 9.69 Å². The average molecular weight is 517 g/mol. The molecule has 1 N–H and O–H groups in total. The van der Waals surface area contributed by atoms with Crippen molar-refractivity contribution >= 4 is 10.9 Å². The van der Waals surface area contributed by atoms with Crippen molar-refractivity contribution in [1.29, 1.82) is 0 Å². The van der Waals surface area contributed by atoms with Crippen LogP contribution in [0.4, 0.5) is 0 Å². The van der Waals surface area contributed by atoms with Crippen molar-refractivity contribution in [2.24, 2.45) is 0 Å². The fourth-order valence-corrected chi connectivity index (χ4v) is 5.25. The van der Waals surface area contributed by atoms with E-state index in [2.05, 4.69) is 56.6 Å². The third kappa shape index (κ3) is 6.11. The van der Waals surface area contributed by atoms with Gasteiger partial charge in [-0.1, -0.05) is 37.3 Å². The molecular formula is C29H36N6O3. The predicted molar refractivity (Wildman–Crippen MR) is 146 cm³/mol. The quantitative estimate of drug-likeness (QED) is 0.300. The van der Waals surface area contributed by atoms with Crippen LogP contribution in [0.3, 0.4) is 0 Å². The highest BCUT2D eigenvalue weighted by Crippen LogP contribution is 2.26. The van der Waals surface area contributed by atoms with Gasteiger partial charge in [-0.25, -0.2) is 4.68 Å².